The van der Waals surface area contributed by atoms with Gasteiger partial charge in [0.2, 0.25) is 0 Å². The van der Waals surface area contributed by atoms with Crippen molar-refractivity contribution in [3.63, 3.8) is 0 Å². The van der Waals surface area contributed by atoms with Crippen molar-refractivity contribution in [2.75, 3.05) is 6.61 Å². The maximum atomic E-state index is 10.7. The lowest BCUT2D eigenvalue weighted by Crippen LogP contribution is -2.47. The number of esters is 2. The molecular formula is C6H3BO8. The molecule has 0 radical (unpaired) electrons. The summed E-state index contributed by atoms with van der Waals surface area (Å²) in [6, 6.07) is -1.11. The molecule has 0 spiro atoms. The summed E-state index contributed by atoms with van der Waals surface area (Å²) >= 11 is 0. The zero-order valence-corrected chi connectivity index (χ0v) is 7.13. The molecule has 8 nitrogen and oxygen atoms in total. The number of hydrogen-bond acceptors (Lipinski definition) is 8. The van der Waals surface area contributed by atoms with Gasteiger partial charge < -0.3 is 18.8 Å². The van der Waals surface area contributed by atoms with Gasteiger partial charge in [-0.2, -0.15) is 0 Å². The van der Waals surface area contributed by atoms with Crippen LogP contribution in [0.3, 0.4) is 0 Å². The molecule has 0 aromatic carbocycles. The van der Waals surface area contributed by atoms with Gasteiger partial charge in [-0.15, -0.1) is 0 Å². The highest BCUT2D eigenvalue weighted by atomic mass is 16.7. The quantitative estimate of drug-likeness (QED) is 0.269. The highest BCUT2D eigenvalue weighted by Gasteiger charge is 2.51. The molecule has 0 amide bonds. The van der Waals surface area contributed by atoms with E-state index in [0.29, 0.717) is 0 Å². The van der Waals surface area contributed by atoms with E-state index < -0.39 is 37.0 Å². The van der Waals surface area contributed by atoms with Crippen molar-refractivity contribution < 1.29 is 38.0 Å². The second-order valence-corrected chi connectivity index (χ2v) is 2.72. The maximum Gasteiger partial charge on any atom is 0.647 e. The average Bonchev–Trinajstić information content (AvgIpc) is 2.52. The third-order valence-electron chi connectivity index (χ3n) is 1.72. The van der Waals surface area contributed by atoms with Crippen LogP contribution in [-0.4, -0.2) is 43.6 Å². The van der Waals surface area contributed by atoms with E-state index in [2.05, 4.69) is 18.8 Å². The van der Waals surface area contributed by atoms with Crippen LogP contribution in [0.2, 0.25) is 0 Å². The van der Waals surface area contributed by atoms with Gasteiger partial charge in [0.05, 0.1) is 0 Å². The Morgan fingerprint density at radius 1 is 0.933 bits per heavy atom. The molecule has 15 heavy (non-hydrogen) atoms. The van der Waals surface area contributed by atoms with Crippen molar-refractivity contribution in [2.24, 2.45) is 0 Å². The van der Waals surface area contributed by atoms with Crippen LogP contribution in [0.25, 0.3) is 0 Å². The largest absolute Gasteiger partial charge is 0.647 e. The third-order valence-corrected chi connectivity index (χ3v) is 1.72. The number of cyclic esters (lactones) is 2. The van der Waals surface area contributed by atoms with E-state index in [0.717, 1.165) is 0 Å². The van der Waals surface area contributed by atoms with Gasteiger partial charge >= 0.3 is 31.0 Å². The summed E-state index contributed by atoms with van der Waals surface area (Å²) in [6.07, 6.45) is 0. The van der Waals surface area contributed by atoms with Gasteiger partial charge in [0.25, 0.3) is 0 Å². The van der Waals surface area contributed by atoms with Gasteiger partial charge in [-0.3, -0.25) is 0 Å². The van der Waals surface area contributed by atoms with Gasteiger partial charge in [0.1, 0.15) is 6.61 Å². The first-order valence-electron chi connectivity index (χ1n) is 3.87. The molecule has 0 aliphatic carbocycles. The number of carbonyl (C=O) groups excluding carboxylic acids is 4. The molecule has 1 unspecified atom stereocenters. The van der Waals surface area contributed by atoms with Crippen molar-refractivity contribution in [3.8, 4) is 0 Å². The SMILES string of the molecule is O=C1OCC(B2OC(=O)C(=O)O2)OC1=O. The van der Waals surface area contributed by atoms with Gasteiger partial charge in [-0.1, -0.05) is 0 Å². The molecule has 0 aromatic rings. The van der Waals surface area contributed by atoms with Crippen LogP contribution in [0.1, 0.15) is 0 Å². The molecule has 2 heterocycles. The van der Waals surface area contributed by atoms with Crippen LogP contribution in [0, 0.1) is 0 Å². The molecule has 0 aromatic heterocycles. The minimum atomic E-state index is -1.35. The Kier molecular flexibility index (Phi) is 2.07. The first kappa shape index (κ1) is 9.50. The van der Waals surface area contributed by atoms with Crippen LogP contribution in [-0.2, 0) is 38.0 Å². The predicted octanol–water partition coefficient (Wildman–Crippen LogP) is -2.42. The van der Waals surface area contributed by atoms with E-state index >= 15 is 0 Å². The summed E-state index contributed by atoms with van der Waals surface area (Å²) in [4.78, 5) is 42.6. The zero-order chi connectivity index (χ0) is 11.0. The van der Waals surface area contributed by atoms with Crippen molar-refractivity contribution in [1.29, 1.82) is 0 Å². The number of ether oxygens (including phenoxy) is 2. The molecule has 2 aliphatic heterocycles. The standard InChI is InChI=1S/C6H3BO8/c8-3-4(9)13-2(1-12-3)7-14-5(10)6(11)15-7/h2H,1H2. The highest BCUT2D eigenvalue weighted by molar-refractivity contribution is 6.61. The second kappa shape index (κ2) is 3.26. The van der Waals surface area contributed by atoms with Crippen LogP contribution in [0.15, 0.2) is 0 Å². The van der Waals surface area contributed by atoms with E-state index in [1.807, 2.05) is 0 Å². The predicted molar refractivity (Wildman–Crippen MR) is 38.8 cm³/mol. The molecule has 0 N–H and O–H groups in total. The zero-order valence-electron chi connectivity index (χ0n) is 7.13. The molecule has 9 heteroatoms. The van der Waals surface area contributed by atoms with E-state index in [-0.39, 0.29) is 6.61 Å². The van der Waals surface area contributed by atoms with Crippen molar-refractivity contribution in [1.82, 2.24) is 0 Å². The van der Waals surface area contributed by atoms with Crippen molar-refractivity contribution >= 4 is 31.0 Å². The summed E-state index contributed by atoms with van der Waals surface area (Å²) in [5, 5.41) is 0. The maximum absolute atomic E-state index is 10.7. The normalized spacial score (nSPS) is 25.6. The number of carbonyl (C=O) groups is 4. The summed E-state index contributed by atoms with van der Waals surface area (Å²) < 4.78 is 17.7. The number of rotatable bonds is 1. The Morgan fingerprint density at radius 2 is 1.53 bits per heavy atom. The van der Waals surface area contributed by atoms with Gasteiger partial charge in [0.15, 0.2) is 6.00 Å². The van der Waals surface area contributed by atoms with E-state index in [4.69, 9.17) is 0 Å². The fourth-order valence-corrected chi connectivity index (χ4v) is 1.05. The molecule has 2 saturated heterocycles. The lowest BCUT2D eigenvalue weighted by Gasteiger charge is -2.20. The topological polar surface area (TPSA) is 105 Å². The first-order valence-corrected chi connectivity index (χ1v) is 3.87. The van der Waals surface area contributed by atoms with Crippen LogP contribution >= 0.6 is 0 Å². The molecule has 1 atom stereocenters. The Hall–Kier alpha value is -2.06. The van der Waals surface area contributed by atoms with Gasteiger partial charge in [0, 0.05) is 0 Å². The van der Waals surface area contributed by atoms with Gasteiger partial charge in [-0.05, 0) is 0 Å². The lowest BCUT2D eigenvalue weighted by atomic mass is 9.81. The monoisotopic (exact) mass is 214 g/mol. The van der Waals surface area contributed by atoms with Crippen LogP contribution in [0.5, 0.6) is 0 Å². The Morgan fingerprint density at radius 3 is 2.07 bits per heavy atom. The van der Waals surface area contributed by atoms with Crippen LogP contribution < -0.4 is 0 Å². The third kappa shape index (κ3) is 1.63. The second-order valence-electron chi connectivity index (χ2n) is 2.72. The fourth-order valence-electron chi connectivity index (χ4n) is 1.05. The smallest absolute Gasteiger partial charge is 0.488 e. The van der Waals surface area contributed by atoms with Crippen molar-refractivity contribution in [2.45, 2.75) is 6.00 Å². The minimum Gasteiger partial charge on any atom is -0.488 e. The fraction of sp³-hybridized carbons (Fsp3) is 0.333. The first-order chi connectivity index (χ1) is 7.08. The molecule has 0 bridgehead atoms. The molecule has 0 saturated carbocycles. The van der Waals surface area contributed by atoms with E-state index in [1.165, 1.54) is 0 Å². The van der Waals surface area contributed by atoms with Gasteiger partial charge in [-0.25, -0.2) is 19.2 Å². The molecule has 2 aliphatic rings. The minimum absolute atomic E-state index is 0.324. The summed E-state index contributed by atoms with van der Waals surface area (Å²) in [5.41, 5.74) is 0. The molecular weight excluding hydrogens is 211 g/mol. The summed E-state index contributed by atoms with van der Waals surface area (Å²) in [7, 11) is -1.35. The average molecular weight is 214 g/mol. The molecule has 2 fully saturated rings. The lowest BCUT2D eigenvalue weighted by molar-refractivity contribution is -0.181. The van der Waals surface area contributed by atoms with Crippen LogP contribution in [0.4, 0.5) is 0 Å². The van der Waals surface area contributed by atoms with Crippen molar-refractivity contribution in [3.05, 3.63) is 0 Å². The Labute approximate surface area is 82.5 Å². The summed E-state index contributed by atoms with van der Waals surface area (Å²) in [6.45, 7) is -0.324. The van der Waals surface area contributed by atoms with E-state index in [1.54, 1.807) is 0 Å². The summed E-state index contributed by atoms with van der Waals surface area (Å²) in [5.74, 6) is -4.70. The molecule has 78 valence electrons. The van der Waals surface area contributed by atoms with E-state index in [9.17, 15) is 19.2 Å². The Balaban J connectivity index is 2.01. The Bertz CT molecular complexity index is 346. The molecule has 2 rings (SSSR count). The number of hydrogen-bond donors (Lipinski definition) is 0. The highest BCUT2D eigenvalue weighted by Crippen LogP contribution is 2.13.